The van der Waals surface area contributed by atoms with Gasteiger partial charge in [0.15, 0.2) is 0 Å². The molecule has 0 N–H and O–H groups in total. The van der Waals surface area contributed by atoms with Gasteiger partial charge in [0.05, 0.1) is 10.8 Å². The van der Waals surface area contributed by atoms with Gasteiger partial charge < -0.3 is 9.64 Å². The second kappa shape index (κ2) is 17.6. The van der Waals surface area contributed by atoms with E-state index in [0.717, 1.165) is 28.6 Å². The Hall–Kier alpha value is -7.85. The van der Waals surface area contributed by atoms with Gasteiger partial charge in [0.2, 0.25) is 0 Å². The summed E-state index contributed by atoms with van der Waals surface area (Å²) in [7, 11) is 0. The van der Waals surface area contributed by atoms with Crippen molar-refractivity contribution >= 4 is 28.8 Å². The number of nitrogens with zero attached hydrogens (tertiary/aromatic N) is 1. The Bertz CT molecular complexity index is 4110. The molecule has 2 nitrogen and oxygen atoms in total. The molecule has 10 aromatic rings. The van der Waals surface area contributed by atoms with Crippen molar-refractivity contribution in [3.05, 3.63) is 279 Å². The molecule has 2 saturated carbocycles. The van der Waals surface area contributed by atoms with Gasteiger partial charge in [-0.25, -0.2) is 0 Å². The van der Waals surface area contributed by atoms with E-state index in [9.17, 15) is 0 Å². The van der Waals surface area contributed by atoms with Gasteiger partial charge in [-0.1, -0.05) is 216 Å². The van der Waals surface area contributed by atoms with Crippen LogP contribution in [0.15, 0.2) is 222 Å². The highest BCUT2D eigenvalue weighted by atomic mass is 32.2. The number of rotatable bonds is 5. The average Bonchev–Trinajstić information content (AvgIpc) is 2.77. The van der Waals surface area contributed by atoms with Gasteiger partial charge in [-0.3, -0.25) is 0 Å². The van der Waals surface area contributed by atoms with Crippen LogP contribution in [0.3, 0.4) is 0 Å². The number of fused-ring (bicyclic) bond motifs is 21. The fourth-order valence-electron chi connectivity index (χ4n) is 16.7. The largest absolute Gasteiger partial charge is 0.457 e. The molecular formula is C77H63NOS. The fraction of sp³-hybridized carbons (Fsp3) is 0.221. The van der Waals surface area contributed by atoms with Gasteiger partial charge in [0, 0.05) is 43.4 Å². The molecule has 7 aliphatic rings. The van der Waals surface area contributed by atoms with E-state index in [4.69, 9.17) is 4.74 Å². The fourth-order valence-corrected chi connectivity index (χ4v) is 17.9. The highest BCUT2D eigenvalue weighted by molar-refractivity contribution is 7.99. The second-order valence-corrected chi connectivity index (χ2v) is 25.7. The maximum atomic E-state index is 7.27. The quantitative estimate of drug-likeness (QED) is 0.170. The zero-order valence-corrected chi connectivity index (χ0v) is 46.5. The number of anilines is 3. The minimum atomic E-state index is -0.621. The van der Waals surface area contributed by atoms with Crippen molar-refractivity contribution in [2.24, 2.45) is 0 Å². The lowest BCUT2D eigenvalue weighted by atomic mass is 9.65. The van der Waals surface area contributed by atoms with Crippen molar-refractivity contribution in [1.29, 1.82) is 0 Å². The molecule has 0 amide bonds. The van der Waals surface area contributed by atoms with Gasteiger partial charge >= 0.3 is 0 Å². The van der Waals surface area contributed by atoms with Crippen LogP contribution in [0, 0.1) is 0 Å². The molecular weight excluding hydrogens is 987 g/mol. The third-order valence-electron chi connectivity index (χ3n) is 20.4. The van der Waals surface area contributed by atoms with Gasteiger partial charge in [-0.15, -0.1) is 0 Å². The predicted octanol–water partition coefficient (Wildman–Crippen LogP) is 20.9. The molecule has 2 heterocycles. The van der Waals surface area contributed by atoms with Crippen molar-refractivity contribution in [3.63, 3.8) is 0 Å². The Morgan fingerprint density at radius 2 is 0.738 bits per heavy atom. The summed E-state index contributed by atoms with van der Waals surface area (Å²) in [5.74, 6) is 3.01. The first-order valence-electron chi connectivity index (χ1n) is 29.8. The molecule has 0 saturated heterocycles. The van der Waals surface area contributed by atoms with Crippen LogP contribution < -0.4 is 9.64 Å². The van der Waals surface area contributed by atoms with Crippen molar-refractivity contribution < 1.29 is 4.74 Å². The second-order valence-electron chi connectivity index (χ2n) is 24.7. The maximum absolute atomic E-state index is 7.27. The zero-order valence-electron chi connectivity index (χ0n) is 45.7. The van der Waals surface area contributed by atoms with E-state index in [1.807, 2.05) is 11.8 Å². The van der Waals surface area contributed by atoms with Gasteiger partial charge in [0.25, 0.3) is 0 Å². The van der Waals surface area contributed by atoms with Crippen molar-refractivity contribution in [2.75, 3.05) is 4.90 Å². The molecule has 3 heteroatoms. The summed E-state index contributed by atoms with van der Waals surface area (Å²) in [4.78, 5) is 5.22. The third kappa shape index (κ3) is 6.44. The van der Waals surface area contributed by atoms with Crippen molar-refractivity contribution in [3.8, 4) is 44.9 Å². The van der Waals surface area contributed by atoms with Crippen molar-refractivity contribution in [1.82, 2.24) is 0 Å². The lowest BCUT2D eigenvalue weighted by Gasteiger charge is -2.41. The lowest BCUT2D eigenvalue weighted by molar-refractivity contribution is 0.433. The first-order chi connectivity index (χ1) is 39.4. The van der Waals surface area contributed by atoms with Crippen LogP contribution >= 0.6 is 11.8 Å². The van der Waals surface area contributed by atoms with Crippen LogP contribution in [0.4, 0.5) is 17.1 Å². The molecule has 17 rings (SSSR count). The monoisotopic (exact) mass is 1050 g/mol. The Morgan fingerprint density at radius 1 is 0.338 bits per heavy atom. The predicted molar refractivity (Wildman–Crippen MR) is 329 cm³/mol. The molecule has 80 heavy (non-hydrogen) atoms. The normalized spacial score (nSPS) is 17.9. The standard InChI is InChI=1S/C77H63NOS/c1-75(2)61-25-11-9-23-55(61)57-40-35-52(45-66(57)75)78(53-36-41-60-56-24-10-12-26-62(56)76(69(60)46-53)64-28-14-17-31-73(64)80-74-32-18-15-29-65(74)76)54-37-42-72-70(47-54)77(63-27-13-16-30-71(63)79-72)67-43-50(48-19-5-3-6-20-48)33-38-58(67)59-39-34-51(44-68(59)77)49-21-7-4-8-22-49/h9-18,23-49H,3-8,19-22H2,1-2H3. The first-order valence-corrected chi connectivity index (χ1v) is 30.6. The van der Waals surface area contributed by atoms with E-state index in [-0.39, 0.29) is 5.41 Å². The Labute approximate surface area is 475 Å². The molecule has 2 fully saturated rings. The van der Waals surface area contributed by atoms with Crippen LogP contribution in [-0.4, -0.2) is 0 Å². The van der Waals surface area contributed by atoms with E-state index in [2.05, 4.69) is 231 Å². The van der Waals surface area contributed by atoms with E-state index in [1.165, 1.54) is 174 Å². The van der Waals surface area contributed by atoms with E-state index >= 15 is 0 Å². The Balaban J connectivity index is 0.939. The molecule has 2 aliphatic heterocycles. The minimum Gasteiger partial charge on any atom is -0.457 e. The summed E-state index contributed by atoms with van der Waals surface area (Å²) in [6, 6.07) is 82.9. The highest BCUT2D eigenvalue weighted by Gasteiger charge is 2.53. The van der Waals surface area contributed by atoms with Crippen LogP contribution in [0.1, 0.15) is 157 Å². The van der Waals surface area contributed by atoms with Gasteiger partial charge in [-0.2, -0.15) is 0 Å². The summed E-state index contributed by atoms with van der Waals surface area (Å²) in [6.45, 7) is 4.82. The number of benzene rings is 10. The van der Waals surface area contributed by atoms with E-state index in [0.29, 0.717) is 11.8 Å². The zero-order chi connectivity index (χ0) is 52.9. The molecule has 0 bridgehead atoms. The summed E-state index contributed by atoms with van der Waals surface area (Å²) in [5.41, 5.74) is 26.4. The van der Waals surface area contributed by atoms with Crippen LogP contribution in [0.5, 0.6) is 11.5 Å². The molecule has 0 radical (unpaired) electrons. The van der Waals surface area contributed by atoms with Gasteiger partial charge in [0.1, 0.15) is 11.5 Å². The van der Waals surface area contributed by atoms with Crippen LogP contribution in [-0.2, 0) is 16.2 Å². The lowest BCUT2D eigenvalue weighted by Crippen LogP contribution is -2.33. The summed E-state index contributed by atoms with van der Waals surface area (Å²) in [6.07, 6.45) is 12.9. The van der Waals surface area contributed by atoms with Crippen LogP contribution in [0.25, 0.3) is 33.4 Å². The Kier molecular flexibility index (Phi) is 10.3. The molecule has 2 spiro atoms. The highest BCUT2D eigenvalue weighted by Crippen LogP contribution is 2.66. The summed E-state index contributed by atoms with van der Waals surface area (Å²) < 4.78 is 7.27. The topological polar surface area (TPSA) is 12.5 Å². The number of hydrogen-bond donors (Lipinski definition) is 0. The third-order valence-corrected chi connectivity index (χ3v) is 21.5. The number of ether oxygens (including phenoxy) is 1. The molecule has 10 aromatic carbocycles. The molecule has 0 unspecified atom stereocenters. The summed E-state index contributed by atoms with van der Waals surface area (Å²) in [5, 5.41) is 0. The molecule has 0 atom stereocenters. The number of para-hydroxylation sites is 1. The first kappa shape index (κ1) is 47.0. The maximum Gasteiger partial charge on any atom is 0.132 e. The van der Waals surface area contributed by atoms with E-state index < -0.39 is 10.8 Å². The van der Waals surface area contributed by atoms with Gasteiger partial charge in [-0.05, 0) is 187 Å². The molecule has 388 valence electrons. The SMILES string of the molecule is CC1(C)c2ccccc2-c2ccc(N(c3ccc4c(c3)C3(c5ccccc5O4)c4cc(C5CCCCC5)ccc4-c4ccc(C5CCCCC5)cc43)c3ccc4c(c3)C3(c5ccccc5Sc5ccccc53)c3ccccc3-4)cc21. The summed E-state index contributed by atoms with van der Waals surface area (Å²) >= 11 is 1.91. The number of hydrogen-bond acceptors (Lipinski definition) is 3. The van der Waals surface area contributed by atoms with Crippen LogP contribution in [0.2, 0.25) is 0 Å². The molecule has 0 aromatic heterocycles. The average molecular weight is 1050 g/mol. The smallest absolute Gasteiger partial charge is 0.132 e. The van der Waals surface area contributed by atoms with Crippen molar-refractivity contribution in [2.45, 2.75) is 116 Å². The van der Waals surface area contributed by atoms with E-state index in [1.54, 1.807) is 0 Å². The minimum absolute atomic E-state index is 0.189. The molecule has 5 aliphatic carbocycles. The Morgan fingerprint density at radius 3 is 1.34 bits per heavy atom.